The first-order valence-corrected chi connectivity index (χ1v) is 7.61. The molecule has 1 aromatic carbocycles. The van der Waals surface area contributed by atoms with Crippen LogP contribution in [0, 0.1) is 5.92 Å². The van der Waals surface area contributed by atoms with E-state index in [9.17, 15) is 4.79 Å². The van der Waals surface area contributed by atoms with Gasteiger partial charge in [-0.3, -0.25) is 4.79 Å². The summed E-state index contributed by atoms with van der Waals surface area (Å²) in [6.45, 7) is 3.41. The summed E-state index contributed by atoms with van der Waals surface area (Å²) in [5.74, 6) is 0.381. The maximum atomic E-state index is 11.1. The number of rotatable bonds is 5. The number of nitrogens with two attached hydrogens (primary N) is 1. The van der Waals surface area contributed by atoms with Crippen molar-refractivity contribution in [1.82, 2.24) is 5.32 Å². The molecular weight excluding hydrogens is 250 g/mol. The Morgan fingerprint density at radius 1 is 1.25 bits per heavy atom. The molecule has 0 aromatic heterocycles. The molecule has 1 aromatic rings. The van der Waals surface area contributed by atoms with Gasteiger partial charge in [-0.2, -0.15) is 0 Å². The fourth-order valence-corrected chi connectivity index (χ4v) is 3.03. The third-order valence-electron chi connectivity index (χ3n) is 4.32. The van der Waals surface area contributed by atoms with Crippen molar-refractivity contribution >= 4 is 11.6 Å². The average molecular weight is 273 g/mol. The summed E-state index contributed by atoms with van der Waals surface area (Å²) in [5, 5.41) is 3.49. The average Bonchev–Trinajstić information content (AvgIpc) is 3.30. The molecule has 3 rings (SSSR count). The quantitative estimate of drug-likeness (QED) is 0.859. The minimum Gasteiger partial charge on any atom is -0.368 e. The fraction of sp³-hybridized carbons (Fsp3) is 0.562. The molecule has 1 aliphatic heterocycles. The van der Waals surface area contributed by atoms with Crippen molar-refractivity contribution < 1.29 is 4.79 Å². The van der Waals surface area contributed by atoms with Crippen LogP contribution in [0.25, 0.3) is 0 Å². The predicted octanol–water partition coefficient (Wildman–Crippen LogP) is 1.75. The zero-order valence-electron chi connectivity index (χ0n) is 11.8. The molecule has 2 fully saturated rings. The van der Waals surface area contributed by atoms with Crippen LogP contribution in [-0.4, -0.2) is 31.6 Å². The topological polar surface area (TPSA) is 58.4 Å². The summed E-state index contributed by atoms with van der Waals surface area (Å²) in [6, 6.07) is 8.44. The summed E-state index contributed by atoms with van der Waals surface area (Å²) in [5.41, 5.74) is 7.11. The lowest BCUT2D eigenvalue weighted by molar-refractivity contribution is 0.100. The SMILES string of the molecule is NC(=O)c1ccc(N(CC2CCCNC2)C2CC2)cc1. The molecule has 1 amide bonds. The van der Waals surface area contributed by atoms with E-state index >= 15 is 0 Å². The third kappa shape index (κ3) is 3.12. The number of benzene rings is 1. The van der Waals surface area contributed by atoms with Gasteiger partial charge >= 0.3 is 0 Å². The first-order chi connectivity index (χ1) is 9.74. The van der Waals surface area contributed by atoms with Gasteiger partial charge in [0.2, 0.25) is 5.91 Å². The van der Waals surface area contributed by atoms with Crippen LogP contribution in [0.1, 0.15) is 36.0 Å². The molecule has 4 nitrogen and oxygen atoms in total. The first kappa shape index (κ1) is 13.4. The Hall–Kier alpha value is -1.55. The van der Waals surface area contributed by atoms with Crippen molar-refractivity contribution in [3.63, 3.8) is 0 Å². The summed E-state index contributed by atoms with van der Waals surface area (Å²) in [6.07, 6.45) is 5.18. The highest BCUT2D eigenvalue weighted by Gasteiger charge is 2.31. The van der Waals surface area contributed by atoms with E-state index in [0.29, 0.717) is 11.6 Å². The minimum absolute atomic E-state index is 0.356. The molecule has 1 unspecified atom stereocenters. The Kier molecular flexibility index (Phi) is 3.92. The zero-order chi connectivity index (χ0) is 13.9. The number of carbonyl (C=O) groups is 1. The highest BCUT2D eigenvalue weighted by molar-refractivity contribution is 5.93. The van der Waals surface area contributed by atoms with Gasteiger partial charge in [-0.1, -0.05) is 0 Å². The van der Waals surface area contributed by atoms with E-state index in [1.54, 1.807) is 0 Å². The highest BCUT2D eigenvalue weighted by atomic mass is 16.1. The lowest BCUT2D eigenvalue weighted by atomic mass is 9.98. The predicted molar refractivity (Wildman–Crippen MR) is 80.9 cm³/mol. The molecule has 2 aliphatic rings. The second-order valence-corrected chi connectivity index (χ2v) is 6.01. The monoisotopic (exact) mass is 273 g/mol. The summed E-state index contributed by atoms with van der Waals surface area (Å²) < 4.78 is 0. The largest absolute Gasteiger partial charge is 0.368 e. The van der Waals surface area contributed by atoms with E-state index in [4.69, 9.17) is 5.73 Å². The number of hydrogen-bond acceptors (Lipinski definition) is 3. The number of nitrogens with zero attached hydrogens (tertiary/aromatic N) is 1. The van der Waals surface area contributed by atoms with Gasteiger partial charge in [0.25, 0.3) is 0 Å². The maximum absolute atomic E-state index is 11.1. The van der Waals surface area contributed by atoms with Crippen molar-refractivity contribution in [1.29, 1.82) is 0 Å². The Morgan fingerprint density at radius 2 is 2.00 bits per heavy atom. The summed E-state index contributed by atoms with van der Waals surface area (Å²) >= 11 is 0. The van der Waals surface area contributed by atoms with Crippen LogP contribution >= 0.6 is 0 Å². The van der Waals surface area contributed by atoms with Crippen LogP contribution < -0.4 is 16.0 Å². The van der Waals surface area contributed by atoms with Crippen molar-refractivity contribution in [3.05, 3.63) is 29.8 Å². The van der Waals surface area contributed by atoms with E-state index in [-0.39, 0.29) is 5.91 Å². The van der Waals surface area contributed by atoms with Crippen LogP contribution in [0.3, 0.4) is 0 Å². The second kappa shape index (κ2) is 5.83. The molecule has 0 radical (unpaired) electrons. The van der Waals surface area contributed by atoms with Crippen LogP contribution in [-0.2, 0) is 0 Å². The number of carbonyl (C=O) groups excluding carboxylic acids is 1. The molecule has 1 atom stereocenters. The van der Waals surface area contributed by atoms with Gasteiger partial charge in [-0.25, -0.2) is 0 Å². The number of hydrogen-bond donors (Lipinski definition) is 2. The number of anilines is 1. The van der Waals surface area contributed by atoms with Gasteiger partial charge in [-0.05, 0) is 69.0 Å². The highest BCUT2D eigenvalue weighted by Crippen LogP contribution is 2.33. The van der Waals surface area contributed by atoms with E-state index in [0.717, 1.165) is 25.6 Å². The number of primary amides is 1. The first-order valence-electron chi connectivity index (χ1n) is 7.61. The van der Waals surface area contributed by atoms with Gasteiger partial charge in [-0.15, -0.1) is 0 Å². The smallest absolute Gasteiger partial charge is 0.248 e. The molecule has 1 saturated carbocycles. The second-order valence-electron chi connectivity index (χ2n) is 6.01. The Morgan fingerprint density at radius 3 is 2.55 bits per heavy atom. The van der Waals surface area contributed by atoms with Crippen molar-refractivity contribution in [3.8, 4) is 0 Å². The van der Waals surface area contributed by atoms with E-state index < -0.39 is 0 Å². The summed E-state index contributed by atoms with van der Waals surface area (Å²) in [7, 11) is 0. The van der Waals surface area contributed by atoms with Crippen molar-refractivity contribution in [2.24, 2.45) is 11.7 Å². The van der Waals surface area contributed by atoms with Crippen LogP contribution in [0.5, 0.6) is 0 Å². The van der Waals surface area contributed by atoms with Gasteiger partial charge in [0, 0.05) is 23.8 Å². The lowest BCUT2D eigenvalue weighted by Gasteiger charge is -2.32. The standard InChI is InChI=1S/C16H23N3O/c17-16(20)13-3-5-14(6-4-13)19(15-7-8-15)11-12-2-1-9-18-10-12/h3-6,12,15,18H,1-2,7-11H2,(H2,17,20). The molecule has 1 heterocycles. The zero-order valence-corrected chi connectivity index (χ0v) is 11.8. The molecule has 1 aliphatic carbocycles. The number of amides is 1. The maximum Gasteiger partial charge on any atom is 0.248 e. The Labute approximate surface area is 120 Å². The molecule has 3 N–H and O–H groups in total. The molecular formula is C16H23N3O. The number of nitrogens with one attached hydrogen (secondary N) is 1. The Balaban J connectivity index is 1.71. The fourth-order valence-electron chi connectivity index (χ4n) is 3.03. The minimum atomic E-state index is -0.356. The van der Waals surface area contributed by atoms with E-state index in [2.05, 4.69) is 10.2 Å². The van der Waals surface area contributed by atoms with Gasteiger partial charge in [0.05, 0.1) is 0 Å². The molecule has 0 bridgehead atoms. The van der Waals surface area contributed by atoms with Gasteiger partial charge in [0.15, 0.2) is 0 Å². The normalized spacial score (nSPS) is 22.5. The molecule has 4 heteroatoms. The van der Waals surface area contributed by atoms with E-state index in [1.807, 2.05) is 24.3 Å². The van der Waals surface area contributed by atoms with E-state index in [1.165, 1.54) is 31.4 Å². The van der Waals surface area contributed by atoms with Crippen molar-refractivity contribution in [2.45, 2.75) is 31.7 Å². The van der Waals surface area contributed by atoms with Crippen molar-refractivity contribution in [2.75, 3.05) is 24.5 Å². The summed E-state index contributed by atoms with van der Waals surface area (Å²) in [4.78, 5) is 13.7. The molecule has 1 saturated heterocycles. The van der Waals surface area contributed by atoms with Gasteiger partial charge < -0.3 is 16.0 Å². The molecule has 20 heavy (non-hydrogen) atoms. The lowest BCUT2D eigenvalue weighted by Crippen LogP contribution is -2.39. The van der Waals surface area contributed by atoms with Crippen LogP contribution in [0.4, 0.5) is 5.69 Å². The molecule has 0 spiro atoms. The third-order valence-corrected chi connectivity index (χ3v) is 4.32. The van der Waals surface area contributed by atoms with Gasteiger partial charge in [0.1, 0.15) is 0 Å². The van der Waals surface area contributed by atoms with Crippen LogP contribution in [0.15, 0.2) is 24.3 Å². The Bertz CT molecular complexity index is 461. The van der Waals surface area contributed by atoms with Crippen LogP contribution in [0.2, 0.25) is 0 Å². The molecule has 108 valence electrons. The number of piperidine rings is 1.